The van der Waals surface area contributed by atoms with Crippen LogP contribution in [0.3, 0.4) is 0 Å². The number of carbonyl (C=O) groups is 1. The molecule has 0 aromatic heterocycles. The fourth-order valence-electron chi connectivity index (χ4n) is 3.99. The Morgan fingerprint density at radius 1 is 1.06 bits per heavy atom. The van der Waals surface area contributed by atoms with Crippen molar-refractivity contribution in [3.8, 4) is 0 Å². The van der Waals surface area contributed by atoms with Crippen LogP contribution in [0.4, 0.5) is 5.69 Å². The summed E-state index contributed by atoms with van der Waals surface area (Å²) in [5, 5.41) is 14.0. The molecule has 0 unspecified atom stereocenters. The topological polar surface area (TPSA) is 99.1 Å². The molecule has 31 heavy (non-hydrogen) atoms. The van der Waals surface area contributed by atoms with Gasteiger partial charge in [-0.1, -0.05) is 62.2 Å². The number of amides is 1. The van der Waals surface area contributed by atoms with Crippen LogP contribution in [-0.2, 0) is 21.2 Å². The van der Waals surface area contributed by atoms with Gasteiger partial charge in [0.2, 0.25) is 0 Å². The molecular weight excluding hydrogens is 414 g/mol. The van der Waals surface area contributed by atoms with Gasteiger partial charge in [0.15, 0.2) is 5.84 Å². The molecule has 2 aliphatic rings. The molecule has 0 spiro atoms. The van der Waals surface area contributed by atoms with Crippen LogP contribution in [0, 0.1) is 0 Å². The summed E-state index contributed by atoms with van der Waals surface area (Å²) < 4.78 is 29.1. The number of para-hydroxylation sites is 1. The summed E-state index contributed by atoms with van der Waals surface area (Å²) in [4.78, 5) is 15.0. The second-order valence-electron chi connectivity index (χ2n) is 7.71. The molecule has 0 saturated heterocycles. The molecule has 0 aliphatic carbocycles. The van der Waals surface area contributed by atoms with E-state index in [0.29, 0.717) is 18.7 Å². The van der Waals surface area contributed by atoms with Gasteiger partial charge in [0.25, 0.3) is 15.9 Å². The maximum atomic E-state index is 13.3. The summed E-state index contributed by atoms with van der Waals surface area (Å²) in [6.07, 6.45) is 3.19. The summed E-state index contributed by atoms with van der Waals surface area (Å²) >= 11 is 0. The minimum atomic E-state index is -3.98. The fourth-order valence-corrected chi connectivity index (χ4v) is 5.11. The molecule has 4 rings (SSSR count). The Morgan fingerprint density at radius 2 is 1.77 bits per heavy atom. The van der Waals surface area contributed by atoms with Crippen LogP contribution in [0.25, 0.3) is 0 Å². The third-order valence-corrected chi connectivity index (χ3v) is 6.90. The number of rotatable bonds is 7. The molecule has 2 N–H and O–H groups in total. The van der Waals surface area contributed by atoms with E-state index in [4.69, 9.17) is 0 Å². The first-order valence-corrected chi connectivity index (χ1v) is 11.9. The highest BCUT2D eigenvalue weighted by Crippen LogP contribution is 2.33. The average Bonchev–Trinajstić information content (AvgIpc) is 2.98. The minimum absolute atomic E-state index is 0.0462. The first kappa shape index (κ1) is 21.1. The van der Waals surface area contributed by atoms with Gasteiger partial charge in [0, 0.05) is 13.0 Å². The Labute approximate surface area is 182 Å². The first-order chi connectivity index (χ1) is 14.9. The number of fused-ring (bicyclic) bond motifs is 1. The van der Waals surface area contributed by atoms with Crippen molar-refractivity contribution in [2.45, 2.75) is 43.5 Å². The molecule has 8 heteroatoms. The van der Waals surface area contributed by atoms with E-state index in [0.717, 1.165) is 24.8 Å². The van der Waals surface area contributed by atoms with E-state index in [2.05, 4.69) is 16.6 Å². The molecule has 0 bridgehead atoms. The van der Waals surface area contributed by atoms with Gasteiger partial charge in [-0.2, -0.15) is 8.42 Å². The molecule has 2 heterocycles. The lowest BCUT2D eigenvalue weighted by Crippen LogP contribution is -2.39. The Balaban J connectivity index is 1.72. The van der Waals surface area contributed by atoms with Gasteiger partial charge >= 0.3 is 0 Å². The smallest absolute Gasteiger partial charge is 0.286 e. The number of benzene rings is 2. The molecule has 2 aromatic carbocycles. The highest BCUT2D eigenvalue weighted by molar-refractivity contribution is 7.90. The number of nitrogens with zero attached hydrogens (tertiary/aromatic N) is 2. The Hall–Kier alpha value is -3.13. The Kier molecular flexibility index (Phi) is 5.82. The molecule has 1 amide bonds. The van der Waals surface area contributed by atoms with E-state index in [1.807, 2.05) is 30.3 Å². The van der Waals surface area contributed by atoms with E-state index < -0.39 is 22.0 Å². The van der Waals surface area contributed by atoms with Gasteiger partial charge in [0.05, 0.1) is 11.7 Å². The summed E-state index contributed by atoms with van der Waals surface area (Å²) in [6, 6.07) is 15.4. The summed E-state index contributed by atoms with van der Waals surface area (Å²) in [5.41, 5.74) is 1.24. The predicted molar refractivity (Wildman–Crippen MR) is 120 cm³/mol. The van der Waals surface area contributed by atoms with Crippen molar-refractivity contribution in [3.05, 3.63) is 71.5 Å². The first-order valence-electron chi connectivity index (χ1n) is 10.4. The average molecular weight is 440 g/mol. The molecule has 0 fully saturated rings. The van der Waals surface area contributed by atoms with Crippen molar-refractivity contribution in [1.29, 1.82) is 0 Å². The molecule has 2 aromatic rings. The molecule has 7 nitrogen and oxygen atoms in total. The monoisotopic (exact) mass is 439 g/mol. The third-order valence-electron chi connectivity index (χ3n) is 5.56. The fraction of sp³-hybridized carbons (Fsp3) is 0.304. The molecule has 0 radical (unpaired) electrons. The standard InChI is InChI=1S/C23H25N3O4S/c1-2-3-9-14-26-18(15-16-10-5-4-6-11-16)21(27)20(23(26)28)22-24-17-12-7-8-13-19(17)31(29,30)25-22/h4-8,10-13,18,27H,2-3,9,14-15H2,1H3,(H,24,25)/t18-/m0/s1. The molecule has 2 aliphatic heterocycles. The number of aliphatic hydroxyl groups is 1. The number of aliphatic hydroxyl groups excluding tert-OH is 1. The second kappa shape index (κ2) is 8.55. The zero-order chi connectivity index (χ0) is 22.0. The molecule has 0 saturated carbocycles. The second-order valence-corrected chi connectivity index (χ2v) is 9.28. The van der Waals surface area contributed by atoms with Crippen molar-refractivity contribution in [2.24, 2.45) is 4.40 Å². The van der Waals surface area contributed by atoms with E-state index >= 15 is 0 Å². The van der Waals surface area contributed by atoms with Crippen LogP contribution in [0.1, 0.15) is 31.7 Å². The highest BCUT2D eigenvalue weighted by Gasteiger charge is 2.43. The van der Waals surface area contributed by atoms with Crippen LogP contribution in [-0.4, -0.2) is 42.8 Å². The maximum Gasteiger partial charge on any atom is 0.286 e. The SMILES string of the molecule is CCCCCN1C(=O)C(C2=NS(=O)(=O)c3ccccc3N2)=C(O)[C@@H]1Cc1ccccc1. The number of hydrogen-bond donors (Lipinski definition) is 2. The number of carbonyl (C=O) groups excluding carboxylic acids is 1. The zero-order valence-electron chi connectivity index (χ0n) is 17.3. The van der Waals surface area contributed by atoms with E-state index in [1.54, 1.807) is 23.1 Å². The van der Waals surface area contributed by atoms with Crippen LogP contribution < -0.4 is 5.32 Å². The maximum absolute atomic E-state index is 13.3. The molecule has 1 atom stereocenters. The molecular formula is C23H25N3O4S. The van der Waals surface area contributed by atoms with Gasteiger partial charge in [0.1, 0.15) is 16.2 Å². The van der Waals surface area contributed by atoms with Crippen LogP contribution in [0.5, 0.6) is 0 Å². The Bertz CT molecular complexity index is 1160. The van der Waals surface area contributed by atoms with Crippen molar-refractivity contribution >= 4 is 27.5 Å². The number of amidine groups is 1. The zero-order valence-corrected chi connectivity index (χ0v) is 18.1. The van der Waals surface area contributed by atoms with E-state index in [9.17, 15) is 18.3 Å². The predicted octanol–water partition coefficient (Wildman–Crippen LogP) is 3.66. The largest absolute Gasteiger partial charge is 0.509 e. The summed E-state index contributed by atoms with van der Waals surface area (Å²) in [7, 11) is -3.98. The van der Waals surface area contributed by atoms with Gasteiger partial charge in [-0.05, 0) is 24.1 Å². The Morgan fingerprint density at radius 3 is 2.52 bits per heavy atom. The van der Waals surface area contributed by atoms with Crippen molar-refractivity contribution in [3.63, 3.8) is 0 Å². The van der Waals surface area contributed by atoms with Crippen LogP contribution in [0.2, 0.25) is 0 Å². The highest BCUT2D eigenvalue weighted by atomic mass is 32.2. The molecule has 162 valence electrons. The number of nitrogens with one attached hydrogen (secondary N) is 1. The lowest BCUT2D eigenvalue weighted by atomic mass is 10.0. The lowest BCUT2D eigenvalue weighted by molar-refractivity contribution is -0.126. The van der Waals surface area contributed by atoms with Gasteiger partial charge in [-0.15, -0.1) is 4.40 Å². The van der Waals surface area contributed by atoms with Crippen LogP contribution in [0.15, 0.2) is 75.2 Å². The van der Waals surface area contributed by atoms with Crippen LogP contribution >= 0.6 is 0 Å². The van der Waals surface area contributed by atoms with Crippen molar-refractivity contribution in [1.82, 2.24) is 4.90 Å². The summed E-state index contributed by atoms with van der Waals surface area (Å²) in [6.45, 7) is 2.56. The van der Waals surface area contributed by atoms with E-state index in [1.165, 1.54) is 6.07 Å². The number of unbranched alkanes of at least 4 members (excludes halogenated alkanes) is 2. The lowest BCUT2D eigenvalue weighted by Gasteiger charge is -2.25. The number of hydrogen-bond acceptors (Lipinski definition) is 5. The number of sulfonamides is 1. The minimum Gasteiger partial charge on any atom is -0.509 e. The van der Waals surface area contributed by atoms with Gasteiger partial charge in [-0.3, -0.25) is 4.79 Å². The van der Waals surface area contributed by atoms with E-state index in [-0.39, 0.29) is 22.1 Å². The normalized spacial score (nSPS) is 19.8. The third kappa shape index (κ3) is 4.07. The van der Waals surface area contributed by atoms with Gasteiger partial charge in [-0.25, -0.2) is 0 Å². The quantitative estimate of drug-likeness (QED) is 0.642. The van der Waals surface area contributed by atoms with Crippen molar-refractivity contribution in [2.75, 3.05) is 11.9 Å². The number of anilines is 1. The summed E-state index contributed by atoms with van der Waals surface area (Å²) in [5.74, 6) is -0.682. The van der Waals surface area contributed by atoms with Crippen molar-refractivity contribution < 1.29 is 18.3 Å². The van der Waals surface area contributed by atoms with Gasteiger partial charge < -0.3 is 15.3 Å².